The molecule has 3 aromatic heterocycles. The Morgan fingerprint density at radius 3 is 2.19 bits per heavy atom. The standard InChI is InChI=1S/C25H25NO3S2/c1-28-20-10-6-18(7-11-20)16-26(19-8-9-19)17-21-12-13-22(29-21)25(27,23-4-2-14-30-23)24-5-3-15-31-24/h2-7,10-15,19,27H,8-9,16-17H2,1H3. The van der Waals surface area contributed by atoms with Crippen molar-refractivity contribution in [2.75, 3.05) is 7.11 Å². The quantitative estimate of drug-likeness (QED) is 0.346. The van der Waals surface area contributed by atoms with Crippen molar-refractivity contribution in [1.82, 2.24) is 4.90 Å². The molecule has 0 radical (unpaired) electrons. The van der Waals surface area contributed by atoms with Crippen LogP contribution in [0.15, 0.2) is 75.8 Å². The monoisotopic (exact) mass is 451 g/mol. The first-order valence-corrected chi connectivity index (χ1v) is 12.2. The van der Waals surface area contributed by atoms with E-state index in [1.165, 1.54) is 18.4 Å². The number of hydrogen-bond acceptors (Lipinski definition) is 6. The highest BCUT2D eigenvalue weighted by molar-refractivity contribution is 7.11. The minimum Gasteiger partial charge on any atom is -0.497 e. The lowest BCUT2D eigenvalue weighted by molar-refractivity contribution is 0.102. The van der Waals surface area contributed by atoms with Gasteiger partial charge in [0.1, 0.15) is 17.3 Å². The van der Waals surface area contributed by atoms with Gasteiger partial charge in [0, 0.05) is 22.3 Å². The van der Waals surface area contributed by atoms with Crippen molar-refractivity contribution in [2.45, 2.75) is 37.6 Å². The van der Waals surface area contributed by atoms with Gasteiger partial charge in [0.05, 0.1) is 13.7 Å². The number of nitrogens with zero attached hydrogens (tertiary/aromatic N) is 1. The zero-order valence-electron chi connectivity index (χ0n) is 17.4. The Kier molecular flexibility index (Phi) is 5.71. The van der Waals surface area contributed by atoms with E-state index >= 15 is 0 Å². The van der Waals surface area contributed by atoms with Crippen molar-refractivity contribution in [3.05, 3.63) is 98.3 Å². The topological polar surface area (TPSA) is 45.8 Å². The van der Waals surface area contributed by atoms with Crippen molar-refractivity contribution in [3.63, 3.8) is 0 Å². The maximum absolute atomic E-state index is 11.8. The van der Waals surface area contributed by atoms with Crippen molar-refractivity contribution < 1.29 is 14.3 Å². The van der Waals surface area contributed by atoms with Crippen molar-refractivity contribution >= 4 is 22.7 Å². The van der Waals surface area contributed by atoms with Gasteiger partial charge in [-0.2, -0.15) is 0 Å². The number of thiophene rings is 2. The molecule has 0 aliphatic heterocycles. The van der Waals surface area contributed by atoms with Crippen LogP contribution in [0.5, 0.6) is 5.75 Å². The number of furan rings is 1. The molecule has 1 N–H and O–H groups in total. The normalized spacial score (nSPS) is 14.3. The second kappa shape index (κ2) is 8.63. The van der Waals surface area contributed by atoms with Gasteiger partial charge < -0.3 is 14.3 Å². The average molecular weight is 452 g/mol. The predicted molar refractivity (Wildman–Crippen MR) is 125 cm³/mol. The molecule has 160 valence electrons. The Morgan fingerprint density at radius 2 is 1.65 bits per heavy atom. The summed E-state index contributed by atoms with van der Waals surface area (Å²) in [5.41, 5.74) is 0.00852. The molecule has 0 bridgehead atoms. The van der Waals surface area contributed by atoms with Gasteiger partial charge in [-0.05, 0) is 65.6 Å². The summed E-state index contributed by atoms with van der Waals surface area (Å²) in [5, 5.41) is 15.7. The number of benzene rings is 1. The number of ether oxygens (including phenoxy) is 1. The second-order valence-corrected chi connectivity index (χ2v) is 9.81. The molecule has 3 heterocycles. The molecule has 4 aromatic rings. The van der Waals surface area contributed by atoms with Gasteiger partial charge in [0.15, 0.2) is 5.60 Å². The molecule has 0 saturated heterocycles. The molecule has 1 aliphatic rings. The molecule has 4 nitrogen and oxygen atoms in total. The van der Waals surface area contributed by atoms with Crippen molar-refractivity contribution in [2.24, 2.45) is 0 Å². The Balaban J connectivity index is 1.38. The SMILES string of the molecule is COc1ccc(CN(Cc2ccc(C(O)(c3cccs3)c3cccs3)o2)C2CC2)cc1. The molecule has 1 saturated carbocycles. The third-order valence-corrected chi connectivity index (χ3v) is 7.70. The summed E-state index contributed by atoms with van der Waals surface area (Å²) in [5.74, 6) is 2.33. The largest absolute Gasteiger partial charge is 0.497 e. The fourth-order valence-electron chi connectivity index (χ4n) is 3.91. The summed E-state index contributed by atoms with van der Waals surface area (Å²) in [6, 6.07) is 20.6. The van der Waals surface area contributed by atoms with Crippen LogP contribution in [0.2, 0.25) is 0 Å². The molecule has 1 aromatic carbocycles. The van der Waals surface area contributed by atoms with Gasteiger partial charge in [-0.25, -0.2) is 0 Å². The van der Waals surface area contributed by atoms with E-state index in [1.54, 1.807) is 29.8 Å². The zero-order chi connectivity index (χ0) is 21.3. The molecule has 0 spiro atoms. The van der Waals surface area contributed by atoms with Gasteiger partial charge in [-0.15, -0.1) is 22.7 Å². The van der Waals surface area contributed by atoms with E-state index in [0.717, 1.165) is 34.4 Å². The van der Waals surface area contributed by atoms with E-state index < -0.39 is 5.60 Å². The fourth-order valence-corrected chi connectivity index (χ4v) is 5.66. The molecular formula is C25H25NO3S2. The Morgan fingerprint density at radius 1 is 0.968 bits per heavy atom. The molecule has 5 rings (SSSR count). The summed E-state index contributed by atoms with van der Waals surface area (Å²) < 4.78 is 11.6. The molecule has 1 aliphatic carbocycles. The van der Waals surface area contributed by atoms with Crippen LogP contribution in [0.25, 0.3) is 0 Å². The lowest BCUT2D eigenvalue weighted by Gasteiger charge is -2.24. The Hall–Kier alpha value is -2.38. The van der Waals surface area contributed by atoms with Crippen LogP contribution >= 0.6 is 22.7 Å². The number of methoxy groups -OCH3 is 1. The van der Waals surface area contributed by atoms with Crippen LogP contribution in [-0.2, 0) is 18.7 Å². The van der Waals surface area contributed by atoms with E-state index in [2.05, 4.69) is 17.0 Å². The van der Waals surface area contributed by atoms with E-state index in [0.29, 0.717) is 11.8 Å². The van der Waals surface area contributed by atoms with E-state index in [9.17, 15) is 5.11 Å². The van der Waals surface area contributed by atoms with Crippen LogP contribution < -0.4 is 4.74 Å². The Bertz CT molecular complexity index is 1060. The summed E-state index contributed by atoms with van der Waals surface area (Å²) in [7, 11) is 1.69. The lowest BCUT2D eigenvalue weighted by atomic mass is 9.97. The van der Waals surface area contributed by atoms with Gasteiger partial charge in [0.25, 0.3) is 0 Å². The first kappa shape index (κ1) is 20.5. The highest BCUT2D eigenvalue weighted by atomic mass is 32.1. The second-order valence-electron chi connectivity index (χ2n) is 7.92. The fraction of sp³-hybridized carbons (Fsp3) is 0.280. The third-order valence-electron chi connectivity index (χ3n) is 5.74. The minimum atomic E-state index is -1.25. The number of rotatable bonds is 9. The van der Waals surface area contributed by atoms with Gasteiger partial charge in [0.2, 0.25) is 0 Å². The molecule has 6 heteroatoms. The lowest BCUT2D eigenvalue weighted by Crippen LogP contribution is -2.26. The summed E-state index contributed by atoms with van der Waals surface area (Å²) in [4.78, 5) is 4.20. The van der Waals surface area contributed by atoms with Crippen LogP contribution in [0.1, 0.15) is 39.7 Å². The smallest absolute Gasteiger partial charge is 0.191 e. The first-order valence-electron chi connectivity index (χ1n) is 10.4. The number of hydrogen-bond donors (Lipinski definition) is 1. The van der Waals surface area contributed by atoms with Crippen LogP contribution in [0, 0.1) is 0 Å². The van der Waals surface area contributed by atoms with Crippen molar-refractivity contribution in [3.8, 4) is 5.75 Å². The molecule has 31 heavy (non-hydrogen) atoms. The van der Waals surface area contributed by atoms with Crippen LogP contribution in [-0.4, -0.2) is 23.2 Å². The van der Waals surface area contributed by atoms with E-state index in [-0.39, 0.29) is 0 Å². The number of aliphatic hydroxyl groups is 1. The van der Waals surface area contributed by atoms with E-state index in [1.807, 2.05) is 59.3 Å². The summed E-state index contributed by atoms with van der Waals surface area (Å²) in [6.45, 7) is 1.59. The Labute approximate surface area is 190 Å². The predicted octanol–water partition coefficient (Wildman–Crippen LogP) is 5.86. The molecule has 0 amide bonds. The average Bonchev–Trinajstić information content (AvgIpc) is 3.24. The maximum atomic E-state index is 11.8. The highest BCUT2D eigenvalue weighted by Crippen LogP contribution is 2.42. The van der Waals surface area contributed by atoms with Crippen LogP contribution in [0.3, 0.4) is 0 Å². The zero-order valence-corrected chi connectivity index (χ0v) is 19.0. The summed E-state index contributed by atoms with van der Waals surface area (Å²) >= 11 is 3.08. The molecule has 0 atom stereocenters. The van der Waals surface area contributed by atoms with Gasteiger partial charge in [-0.1, -0.05) is 24.3 Å². The third kappa shape index (κ3) is 4.21. The van der Waals surface area contributed by atoms with Crippen molar-refractivity contribution in [1.29, 1.82) is 0 Å². The molecule has 1 fully saturated rings. The molecular weight excluding hydrogens is 426 g/mol. The van der Waals surface area contributed by atoms with E-state index in [4.69, 9.17) is 9.15 Å². The van der Waals surface area contributed by atoms with Gasteiger partial charge in [-0.3, -0.25) is 4.90 Å². The molecule has 0 unspecified atom stereocenters. The van der Waals surface area contributed by atoms with Crippen LogP contribution in [0.4, 0.5) is 0 Å². The van der Waals surface area contributed by atoms with Gasteiger partial charge >= 0.3 is 0 Å². The highest BCUT2D eigenvalue weighted by Gasteiger charge is 2.39. The summed E-state index contributed by atoms with van der Waals surface area (Å²) in [6.07, 6.45) is 2.44. The maximum Gasteiger partial charge on any atom is 0.191 e. The minimum absolute atomic E-state index is 0.576. The first-order chi connectivity index (χ1) is 15.2.